The zero-order valence-electron chi connectivity index (χ0n) is 9.21. The quantitative estimate of drug-likeness (QED) is 0.845. The van der Waals surface area contributed by atoms with Crippen LogP contribution in [0.1, 0.15) is 24.8 Å². The lowest BCUT2D eigenvalue weighted by Crippen LogP contribution is -2.45. The fraction of sp³-hybridized carbons (Fsp3) is 0.462. The van der Waals surface area contributed by atoms with Crippen molar-refractivity contribution in [3.63, 3.8) is 0 Å². The van der Waals surface area contributed by atoms with E-state index in [0.29, 0.717) is 13.0 Å². The van der Waals surface area contributed by atoms with Gasteiger partial charge in [0.15, 0.2) is 0 Å². The zero-order valence-corrected chi connectivity index (χ0v) is 9.21. The highest BCUT2D eigenvalue weighted by molar-refractivity contribution is 5.87. The number of carbonyl (C=O) groups excluding carboxylic acids is 1. The normalized spacial score (nSPS) is 17.9. The molecule has 0 spiro atoms. The Morgan fingerprint density at radius 2 is 2.19 bits per heavy atom. The van der Waals surface area contributed by atoms with Gasteiger partial charge in [-0.05, 0) is 30.5 Å². The SMILES string of the molecule is NCC1(C(=O)Cc2cccc(F)c2)CCC1. The van der Waals surface area contributed by atoms with Crippen LogP contribution in [0.4, 0.5) is 4.39 Å². The first-order valence-corrected chi connectivity index (χ1v) is 5.64. The monoisotopic (exact) mass is 221 g/mol. The molecule has 0 aliphatic heterocycles. The summed E-state index contributed by atoms with van der Waals surface area (Å²) in [6.45, 7) is 0.418. The number of ketones is 1. The molecule has 1 aromatic rings. The lowest BCUT2D eigenvalue weighted by molar-refractivity contribution is -0.132. The molecular formula is C13H16FNO. The lowest BCUT2D eigenvalue weighted by Gasteiger charge is -2.39. The molecular weight excluding hydrogens is 205 g/mol. The van der Waals surface area contributed by atoms with Crippen molar-refractivity contribution in [3.8, 4) is 0 Å². The van der Waals surface area contributed by atoms with E-state index in [0.717, 1.165) is 24.8 Å². The van der Waals surface area contributed by atoms with Gasteiger partial charge >= 0.3 is 0 Å². The van der Waals surface area contributed by atoms with Gasteiger partial charge in [0.25, 0.3) is 0 Å². The Balaban J connectivity index is 2.07. The fourth-order valence-electron chi connectivity index (χ4n) is 2.22. The Kier molecular flexibility index (Phi) is 3.06. The van der Waals surface area contributed by atoms with Gasteiger partial charge in [0.05, 0.1) is 0 Å². The van der Waals surface area contributed by atoms with Crippen LogP contribution in [0.5, 0.6) is 0 Å². The highest BCUT2D eigenvalue weighted by atomic mass is 19.1. The van der Waals surface area contributed by atoms with Gasteiger partial charge in [0.1, 0.15) is 11.6 Å². The van der Waals surface area contributed by atoms with Gasteiger partial charge in [0.2, 0.25) is 0 Å². The predicted octanol–water partition coefficient (Wildman–Crippen LogP) is 2.07. The number of rotatable bonds is 4. The van der Waals surface area contributed by atoms with E-state index in [1.807, 2.05) is 0 Å². The van der Waals surface area contributed by atoms with Crippen LogP contribution in [0.2, 0.25) is 0 Å². The number of benzene rings is 1. The largest absolute Gasteiger partial charge is 0.329 e. The fourth-order valence-corrected chi connectivity index (χ4v) is 2.22. The van der Waals surface area contributed by atoms with Crippen LogP contribution in [-0.2, 0) is 11.2 Å². The van der Waals surface area contributed by atoms with E-state index in [2.05, 4.69) is 0 Å². The van der Waals surface area contributed by atoms with Crippen molar-refractivity contribution < 1.29 is 9.18 Å². The first-order valence-electron chi connectivity index (χ1n) is 5.64. The van der Waals surface area contributed by atoms with Crippen molar-refractivity contribution in [2.75, 3.05) is 6.54 Å². The van der Waals surface area contributed by atoms with Crippen molar-refractivity contribution >= 4 is 5.78 Å². The van der Waals surface area contributed by atoms with Gasteiger partial charge in [0, 0.05) is 18.4 Å². The van der Waals surface area contributed by atoms with Gasteiger partial charge in [-0.3, -0.25) is 4.79 Å². The Morgan fingerprint density at radius 3 is 2.69 bits per heavy atom. The van der Waals surface area contributed by atoms with Crippen molar-refractivity contribution in [1.82, 2.24) is 0 Å². The molecule has 2 N–H and O–H groups in total. The van der Waals surface area contributed by atoms with E-state index >= 15 is 0 Å². The number of hydrogen-bond acceptors (Lipinski definition) is 2. The highest BCUT2D eigenvalue weighted by Crippen LogP contribution is 2.41. The van der Waals surface area contributed by atoms with Crippen LogP contribution in [0.3, 0.4) is 0 Å². The lowest BCUT2D eigenvalue weighted by atomic mass is 9.65. The van der Waals surface area contributed by atoms with Crippen molar-refractivity contribution in [1.29, 1.82) is 0 Å². The summed E-state index contributed by atoms with van der Waals surface area (Å²) in [5.41, 5.74) is 6.09. The summed E-state index contributed by atoms with van der Waals surface area (Å²) < 4.78 is 13.0. The van der Waals surface area contributed by atoms with Crippen LogP contribution in [0, 0.1) is 11.2 Å². The minimum Gasteiger partial charge on any atom is -0.329 e. The van der Waals surface area contributed by atoms with Crippen LogP contribution in [-0.4, -0.2) is 12.3 Å². The molecule has 86 valence electrons. The zero-order chi connectivity index (χ0) is 11.6. The summed E-state index contributed by atoms with van der Waals surface area (Å²) in [5, 5.41) is 0. The number of nitrogens with two attached hydrogens (primary N) is 1. The maximum absolute atomic E-state index is 13.0. The molecule has 0 heterocycles. The third-order valence-corrected chi connectivity index (χ3v) is 3.55. The summed E-state index contributed by atoms with van der Waals surface area (Å²) in [4.78, 5) is 12.1. The summed E-state index contributed by atoms with van der Waals surface area (Å²) >= 11 is 0. The molecule has 1 aromatic carbocycles. The maximum Gasteiger partial charge on any atom is 0.144 e. The molecule has 1 aliphatic rings. The molecule has 0 radical (unpaired) electrons. The number of Topliss-reactive ketones (excluding diaryl/α,β-unsaturated/α-hetero) is 1. The average molecular weight is 221 g/mol. The minimum absolute atomic E-state index is 0.159. The molecule has 16 heavy (non-hydrogen) atoms. The summed E-state index contributed by atoms with van der Waals surface area (Å²) in [7, 11) is 0. The van der Waals surface area contributed by atoms with E-state index in [1.54, 1.807) is 12.1 Å². The van der Waals surface area contributed by atoms with Gasteiger partial charge in [-0.15, -0.1) is 0 Å². The van der Waals surface area contributed by atoms with Crippen molar-refractivity contribution in [2.24, 2.45) is 11.1 Å². The van der Waals surface area contributed by atoms with Gasteiger partial charge in [-0.2, -0.15) is 0 Å². The van der Waals surface area contributed by atoms with Crippen molar-refractivity contribution in [3.05, 3.63) is 35.6 Å². The molecule has 0 atom stereocenters. The van der Waals surface area contributed by atoms with E-state index in [-0.39, 0.29) is 17.0 Å². The third kappa shape index (κ3) is 2.00. The van der Waals surface area contributed by atoms with Crippen LogP contribution in [0.25, 0.3) is 0 Å². The van der Waals surface area contributed by atoms with E-state index in [9.17, 15) is 9.18 Å². The molecule has 2 rings (SSSR count). The molecule has 1 aliphatic carbocycles. The van der Waals surface area contributed by atoms with E-state index < -0.39 is 0 Å². The summed E-state index contributed by atoms with van der Waals surface area (Å²) in [6, 6.07) is 6.22. The Morgan fingerprint density at radius 1 is 1.44 bits per heavy atom. The second-order valence-electron chi connectivity index (χ2n) is 4.57. The first kappa shape index (κ1) is 11.3. The van der Waals surface area contributed by atoms with Crippen LogP contribution in [0.15, 0.2) is 24.3 Å². The minimum atomic E-state index is -0.313. The standard InChI is InChI=1S/C13H16FNO/c14-11-4-1-3-10(7-11)8-12(16)13(9-15)5-2-6-13/h1,3-4,7H,2,5-6,8-9,15H2. The van der Waals surface area contributed by atoms with Crippen LogP contribution < -0.4 is 5.73 Å². The smallest absolute Gasteiger partial charge is 0.144 e. The van der Waals surface area contributed by atoms with E-state index in [1.165, 1.54) is 12.1 Å². The third-order valence-electron chi connectivity index (χ3n) is 3.55. The molecule has 2 nitrogen and oxygen atoms in total. The van der Waals surface area contributed by atoms with Gasteiger partial charge in [-0.25, -0.2) is 4.39 Å². The Hall–Kier alpha value is -1.22. The Labute approximate surface area is 94.6 Å². The van der Waals surface area contributed by atoms with Crippen LogP contribution >= 0.6 is 0 Å². The molecule has 1 saturated carbocycles. The maximum atomic E-state index is 13.0. The predicted molar refractivity (Wildman–Crippen MR) is 60.4 cm³/mol. The number of carbonyl (C=O) groups is 1. The Bertz CT molecular complexity index is 393. The van der Waals surface area contributed by atoms with Gasteiger partial charge < -0.3 is 5.73 Å². The summed E-state index contributed by atoms with van der Waals surface area (Å²) in [6.07, 6.45) is 3.15. The first-order chi connectivity index (χ1) is 7.66. The molecule has 3 heteroatoms. The molecule has 0 bridgehead atoms. The number of hydrogen-bond donors (Lipinski definition) is 1. The second-order valence-corrected chi connectivity index (χ2v) is 4.57. The topological polar surface area (TPSA) is 43.1 Å². The highest BCUT2D eigenvalue weighted by Gasteiger charge is 2.41. The van der Waals surface area contributed by atoms with Gasteiger partial charge in [-0.1, -0.05) is 18.6 Å². The summed E-state index contributed by atoms with van der Waals surface area (Å²) in [5.74, 6) is -0.132. The molecule has 0 unspecified atom stereocenters. The average Bonchev–Trinajstić information content (AvgIpc) is 2.16. The number of halogens is 1. The molecule has 0 saturated heterocycles. The second kappa shape index (κ2) is 4.34. The molecule has 0 aromatic heterocycles. The van der Waals surface area contributed by atoms with Crippen molar-refractivity contribution in [2.45, 2.75) is 25.7 Å². The molecule has 1 fully saturated rings. The molecule has 0 amide bonds. The van der Waals surface area contributed by atoms with E-state index in [4.69, 9.17) is 5.73 Å².